The third-order valence-electron chi connectivity index (χ3n) is 3.74. The van der Waals surface area contributed by atoms with Gasteiger partial charge in [-0.05, 0) is 40.1 Å². The smallest absolute Gasteiger partial charge is 0.222 e. The van der Waals surface area contributed by atoms with Gasteiger partial charge in [-0.3, -0.25) is 4.79 Å². The molecule has 0 saturated carbocycles. The topological polar surface area (TPSA) is 38.3 Å². The Morgan fingerprint density at radius 3 is 2.95 bits per heavy atom. The molecule has 5 heteroatoms. The van der Waals surface area contributed by atoms with Crippen LogP contribution < -0.4 is 10.1 Å². The maximum atomic E-state index is 11.7. The van der Waals surface area contributed by atoms with E-state index in [1.54, 1.807) is 11.3 Å². The van der Waals surface area contributed by atoms with Crippen molar-refractivity contribution >= 4 is 28.8 Å². The van der Waals surface area contributed by atoms with Gasteiger partial charge in [0.25, 0.3) is 0 Å². The molecule has 0 bridgehead atoms. The fourth-order valence-corrected chi connectivity index (χ4v) is 3.46. The quantitative estimate of drug-likeness (QED) is 0.911. The number of fused-ring (bicyclic) bond motifs is 1. The second-order valence-electron chi connectivity index (χ2n) is 5.80. The summed E-state index contributed by atoms with van der Waals surface area (Å²) in [4.78, 5) is 11.7. The molecule has 1 aromatic carbocycles. The Bertz CT molecular complexity index is 682. The first-order chi connectivity index (χ1) is 10.5. The Hall–Kier alpha value is -1.52. The highest BCUT2D eigenvalue weighted by Crippen LogP contribution is 2.39. The lowest BCUT2D eigenvalue weighted by Gasteiger charge is -2.13. The monoisotopic (exact) mass is 335 g/mol. The highest BCUT2D eigenvalue weighted by atomic mass is 35.5. The van der Waals surface area contributed by atoms with E-state index in [1.807, 2.05) is 19.9 Å². The van der Waals surface area contributed by atoms with Gasteiger partial charge in [-0.15, -0.1) is 0 Å². The normalized spacial score (nSPS) is 16.5. The first-order valence-corrected chi connectivity index (χ1v) is 8.66. The number of carbonyl (C=O) groups is 1. The fourth-order valence-electron chi connectivity index (χ4n) is 2.52. The molecule has 1 N–H and O–H groups in total. The zero-order valence-corrected chi connectivity index (χ0v) is 14.1. The van der Waals surface area contributed by atoms with Gasteiger partial charge in [-0.1, -0.05) is 25.4 Å². The maximum Gasteiger partial charge on any atom is 0.222 e. The lowest BCUT2D eigenvalue weighted by atomic mass is 10.0. The van der Waals surface area contributed by atoms with E-state index in [0.717, 1.165) is 23.3 Å². The minimum absolute atomic E-state index is 0.0161. The van der Waals surface area contributed by atoms with E-state index in [4.69, 9.17) is 16.3 Å². The highest BCUT2D eigenvalue weighted by Gasteiger charge is 2.26. The molecule has 2 aromatic rings. The van der Waals surface area contributed by atoms with Gasteiger partial charge >= 0.3 is 0 Å². The van der Waals surface area contributed by atoms with Crippen LogP contribution in [-0.4, -0.2) is 18.6 Å². The van der Waals surface area contributed by atoms with Crippen LogP contribution in [0.5, 0.6) is 5.75 Å². The number of hydrogen-bond donors (Lipinski definition) is 1. The summed E-state index contributed by atoms with van der Waals surface area (Å²) in [7, 11) is 0. The molecule has 1 aromatic heterocycles. The van der Waals surface area contributed by atoms with E-state index in [0.29, 0.717) is 11.6 Å². The van der Waals surface area contributed by atoms with Crippen LogP contribution in [0.3, 0.4) is 0 Å². The molecule has 0 unspecified atom stereocenters. The van der Waals surface area contributed by atoms with Gasteiger partial charge in [-0.2, -0.15) is 11.3 Å². The van der Waals surface area contributed by atoms with Gasteiger partial charge in [0.1, 0.15) is 11.9 Å². The lowest BCUT2D eigenvalue weighted by molar-refractivity contribution is -0.124. The number of halogens is 1. The molecule has 0 saturated heterocycles. The van der Waals surface area contributed by atoms with Crippen molar-refractivity contribution in [3.63, 3.8) is 0 Å². The van der Waals surface area contributed by atoms with Gasteiger partial charge in [0, 0.05) is 17.9 Å². The standard InChI is InChI=1S/C17H18ClNO2S/c1-10(2)17(20)19-8-14-6-13-5-12(11-3-4-22-9-11)7-15(18)16(13)21-14/h3-5,7,9-10,14H,6,8H2,1-2H3,(H,19,20)/t14-/m0/s1. The Morgan fingerprint density at radius 1 is 1.45 bits per heavy atom. The SMILES string of the molecule is CC(C)C(=O)NC[C@@H]1Cc2cc(-c3ccsc3)cc(Cl)c2O1. The zero-order chi connectivity index (χ0) is 15.7. The molecule has 0 aliphatic carbocycles. The van der Waals surface area contributed by atoms with Crippen molar-refractivity contribution in [2.45, 2.75) is 26.4 Å². The molecule has 0 fully saturated rings. The number of carbonyl (C=O) groups excluding carboxylic acids is 1. The van der Waals surface area contributed by atoms with E-state index in [2.05, 4.69) is 28.2 Å². The van der Waals surface area contributed by atoms with Crippen molar-refractivity contribution in [1.29, 1.82) is 0 Å². The predicted octanol–water partition coefficient (Wildman–Crippen LogP) is 4.14. The van der Waals surface area contributed by atoms with Crippen LogP contribution in [0.2, 0.25) is 5.02 Å². The van der Waals surface area contributed by atoms with E-state index in [1.165, 1.54) is 5.56 Å². The summed E-state index contributed by atoms with van der Waals surface area (Å²) in [6.45, 7) is 4.27. The number of thiophene rings is 1. The van der Waals surface area contributed by atoms with Crippen LogP contribution >= 0.6 is 22.9 Å². The van der Waals surface area contributed by atoms with E-state index in [-0.39, 0.29) is 17.9 Å². The molecular formula is C17H18ClNO2S. The maximum absolute atomic E-state index is 11.7. The van der Waals surface area contributed by atoms with Crippen molar-refractivity contribution in [3.05, 3.63) is 39.5 Å². The molecule has 3 nitrogen and oxygen atoms in total. The molecule has 1 amide bonds. The van der Waals surface area contributed by atoms with Gasteiger partial charge in [0.05, 0.1) is 11.6 Å². The minimum Gasteiger partial charge on any atom is -0.486 e. The first kappa shape index (κ1) is 15.4. The number of rotatable bonds is 4. The molecule has 0 spiro atoms. The van der Waals surface area contributed by atoms with Gasteiger partial charge < -0.3 is 10.1 Å². The average molecular weight is 336 g/mol. The summed E-state index contributed by atoms with van der Waals surface area (Å²) in [5, 5.41) is 7.71. The van der Waals surface area contributed by atoms with E-state index < -0.39 is 0 Å². The van der Waals surface area contributed by atoms with Crippen LogP contribution in [0.25, 0.3) is 11.1 Å². The summed E-state index contributed by atoms with van der Waals surface area (Å²) >= 11 is 8.03. The minimum atomic E-state index is -0.0482. The molecule has 1 atom stereocenters. The molecule has 0 radical (unpaired) electrons. The Balaban J connectivity index is 1.73. The van der Waals surface area contributed by atoms with Crippen molar-refractivity contribution < 1.29 is 9.53 Å². The number of nitrogens with one attached hydrogen (secondary N) is 1. The van der Waals surface area contributed by atoms with Crippen LogP contribution in [0.15, 0.2) is 29.0 Å². The Labute approximate surface area is 139 Å². The third kappa shape index (κ3) is 3.13. The Morgan fingerprint density at radius 2 is 2.27 bits per heavy atom. The molecule has 116 valence electrons. The summed E-state index contributed by atoms with van der Waals surface area (Å²) in [6.07, 6.45) is 0.721. The third-order valence-corrected chi connectivity index (χ3v) is 4.70. The van der Waals surface area contributed by atoms with Gasteiger partial charge in [0.2, 0.25) is 5.91 Å². The number of hydrogen-bond acceptors (Lipinski definition) is 3. The number of amides is 1. The molecule has 1 aliphatic rings. The van der Waals surface area contributed by atoms with Gasteiger partial charge in [-0.25, -0.2) is 0 Å². The molecule has 3 rings (SSSR count). The molecule has 1 aliphatic heterocycles. The molecular weight excluding hydrogens is 318 g/mol. The van der Waals surface area contributed by atoms with Crippen molar-refractivity contribution in [1.82, 2.24) is 5.32 Å². The second-order valence-corrected chi connectivity index (χ2v) is 6.99. The predicted molar refractivity (Wildman–Crippen MR) is 90.7 cm³/mol. The summed E-state index contributed by atoms with van der Waals surface area (Å²) in [5.74, 6) is 0.784. The van der Waals surface area contributed by atoms with E-state index >= 15 is 0 Å². The van der Waals surface area contributed by atoms with E-state index in [9.17, 15) is 4.79 Å². The molecule has 22 heavy (non-hydrogen) atoms. The Kier molecular flexibility index (Phi) is 4.41. The van der Waals surface area contributed by atoms with Crippen molar-refractivity contribution in [2.24, 2.45) is 5.92 Å². The fraction of sp³-hybridized carbons (Fsp3) is 0.353. The average Bonchev–Trinajstić information content (AvgIpc) is 3.13. The van der Waals surface area contributed by atoms with Crippen molar-refractivity contribution in [3.8, 4) is 16.9 Å². The van der Waals surface area contributed by atoms with Crippen LogP contribution in [0, 0.1) is 5.92 Å². The van der Waals surface area contributed by atoms with Crippen LogP contribution in [0.1, 0.15) is 19.4 Å². The van der Waals surface area contributed by atoms with Crippen LogP contribution in [0.4, 0.5) is 0 Å². The summed E-state index contributed by atoms with van der Waals surface area (Å²) < 4.78 is 5.90. The summed E-state index contributed by atoms with van der Waals surface area (Å²) in [5.41, 5.74) is 3.39. The first-order valence-electron chi connectivity index (χ1n) is 7.34. The van der Waals surface area contributed by atoms with Crippen molar-refractivity contribution in [2.75, 3.05) is 6.54 Å². The zero-order valence-electron chi connectivity index (χ0n) is 12.6. The lowest BCUT2D eigenvalue weighted by Crippen LogP contribution is -2.36. The number of ether oxygens (including phenoxy) is 1. The second kappa shape index (κ2) is 6.31. The summed E-state index contributed by atoms with van der Waals surface area (Å²) in [6, 6.07) is 6.16. The largest absolute Gasteiger partial charge is 0.486 e. The molecule has 2 heterocycles. The van der Waals surface area contributed by atoms with Gasteiger partial charge in [0.15, 0.2) is 0 Å². The number of benzene rings is 1. The highest BCUT2D eigenvalue weighted by molar-refractivity contribution is 7.08. The van der Waals surface area contributed by atoms with Crippen LogP contribution in [-0.2, 0) is 11.2 Å².